The molecular formula is C11H15NO2. The van der Waals surface area contributed by atoms with Crippen molar-refractivity contribution in [3.8, 4) is 0 Å². The lowest BCUT2D eigenvalue weighted by molar-refractivity contribution is 0.112. The molecule has 0 spiro atoms. The fraction of sp³-hybridized carbons (Fsp3) is 0.364. The number of benzene rings is 1. The van der Waals surface area contributed by atoms with Crippen LogP contribution in [0.2, 0.25) is 0 Å². The van der Waals surface area contributed by atoms with E-state index < -0.39 is 0 Å². The van der Waals surface area contributed by atoms with Gasteiger partial charge in [0.1, 0.15) is 6.29 Å². The molecule has 0 bridgehead atoms. The van der Waals surface area contributed by atoms with Crippen molar-refractivity contribution in [3.63, 3.8) is 0 Å². The Balaban J connectivity index is 2.77. The van der Waals surface area contributed by atoms with Crippen LogP contribution in [0.4, 0.5) is 5.69 Å². The second-order valence-electron chi connectivity index (χ2n) is 2.82. The van der Waals surface area contributed by atoms with E-state index in [4.69, 9.17) is 4.84 Å². The molecule has 3 nitrogen and oxygen atoms in total. The van der Waals surface area contributed by atoms with Crippen LogP contribution < -0.4 is 5.06 Å². The highest BCUT2D eigenvalue weighted by Gasteiger charge is 2.02. The number of hydroxylamine groups is 1. The van der Waals surface area contributed by atoms with Gasteiger partial charge < -0.3 is 0 Å². The Morgan fingerprint density at radius 3 is 2.36 bits per heavy atom. The van der Waals surface area contributed by atoms with Gasteiger partial charge in [0.15, 0.2) is 0 Å². The number of rotatable bonds is 5. The normalized spacial score (nSPS) is 9.86. The van der Waals surface area contributed by atoms with E-state index in [0.29, 0.717) is 12.2 Å². The molecule has 0 radical (unpaired) electrons. The first-order chi connectivity index (χ1) is 6.81. The molecule has 1 rings (SSSR count). The molecule has 0 aliphatic carbocycles. The van der Waals surface area contributed by atoms with Crippen LogP contribution in [0, 0.1) is 0 Å². The Kier molecular flexibility index (Phi) is 4.13. The fourth-order valence-corrected chi connectivity index (χ4v) is 1.22. The first-order valence-electron chi connectivity index (χ1n) is 4.77. The molecular weight excluding hydrogens is 178 g/mol. The molecule has 0 amide bonds. The molecule has 0 atom stereocenters. The van der Waals surface area contributed by atoms with Crippen LogP contribution in [-0.2, 0) is 4.84 Å². The first kappa shape index (κ1) is 10.7. The van der Waals surface area contributed by atoms with Crippen LogP contribution in [-0.4, -0.2) is 19.4 Å². The molecule has 14 heavy (non-hydrogen) atoms. The summed E-state index contributed by atoms with van der Waals surface area (Å²) in [7, 11) is 0. The predicted molar refractivity (Wildman–Crippen MR) is 56.5 cm³/mol. The van der Waals surface area contributed by atoms with Gasteiger partial charge in [-0.1, -0.05) is 0 Å². The number of nitrogens with zero attached hydrogens (tertiary/aromatic N) is 1. The molecule has 0 saturated carbocycles. The minimum absolute atomic E-state index is 0.642. The van der Waals surface area contributed by atoms with Gasteiger partial charge in [0.25, 0.3) is 0 Å². The molecule has 0 aliphatic heterocycles. The zero-order valence-corrected chi connectivity index (χ0v) is 8.56. The maximum absolute atomic E-state index is 10.4. The largest absolute Gasteiger partial charge is 0.298 e. The van der Waals surface area contributed by atoms with Gasteiger partial charge in [-0.2, -0.15) is 0 Å². The lowest BCUT2D eigenvalue weighted by Gasteiger charge is -2.21. The van der Waals surface area contributed by atoms with Crippen LogP contribution in [0.3, 0.4) is 0 Å². The Bertz CT molecular complexity index is 282. The Labute approximate surface area is 84.2 Å². The maximum Gasteiger partial charge on any atom is 0.150 e. The van der Waals surface area contributed by atoms with Crippen molar-refractivity contribution in [2.24, 2.45) is 0 Å². The highest BCUT2D eigenvalue weighted by atomic mass is 16.7. The van der Waals surface area contributed by atoms with Gasteiger partial charge in [0.2, 0.25) is 0 Å². The van der Waals surface area contributed by atoms with E-state index in [9.17, 15) is 4.79 Å². The highest BCUT2D eigenvalue weighted by Crippen LogP contribution is 2.14. The van der Waals surface area contributed by atoms with E-state index in [1.807, 2.05) is 26.0 Å². The molecule has 0 unspecified atom stereocenters. The summed E-state index contributed by atoms with van der Waals surface area (Å²) in [6.07, 6.45) is 0.834. The third kappa shape index (κ3) is 2.57. The summed E-state index contributed by atoms with van der Waals surface area (Å²) < 4.78 is 0. The third-order valence-corrected chi connectivity index (χ3v) is 1.89. The Morgan fingerprint density at radius 2 is 1.93 bits per heavy atom. The van der Waals surface area contributed by atoms with Crippen LogP contribution >= 0.6 is 0 Å². The van der Waals surface area contributed by atoms with E-state index in [1.165, 1.54) is 0 Å². The summed E-state index contributed by atoms with van der Waals surface area (Å²) in [5.41, 5.74) is 1.65. The zero-order valence-electron chi connectivity index (χ0n) is 8.56. The van der Waals surface area contributed by atoms with Gasteiger partial charge in [-0.3, -0.25) is 14.7 Å². The van der Waals surface area contributed by atoms with Gasteiger partial charge in [0.05, 0.1) is 12.3 Å². The summed E-state index contributed by atoms with van der Waals surface area (Å²) in [6.45, 7) is 5.39. The third-order valence-electron chi connectivity index (χ3n) is 1.89. The smallest absolute Gasteiger partial charge is 0.150 e. The van der Waals surface area contributed by atoms with E-state index in [0.717, 1.165) is 18.5 Å². The first-order valence-corrected chi connectivity index (χ1v) is 4.77. The van der Waals surface area contributed by atoms with Crippen molar-refractivity contribution < 1.29 is 9.63 Å². The molecule has 0 fully saturated rings. The average molecular weight is 193 g/mol. The van der Waals surface area contributed by atoms with Crippen LogP contribution in [0.25, 0.3) is 0 Å². The second-order valence-corrected chi connectivity index (χ2v) is 2.82. The quantitative estimate of drug-likeness (QED) is 0.530. The highest BCUT2D eigenvalue weighted by molar-refractivity contribution is 5.75. The molecule has 3 heteroatoms. The van der Waals surface area contributed by atoms with Gasteiger partial charge >= 0.3 is 0 Å². The minimum Gasteiger partial charge on any atom is -0.298 e. The predicted octanol–water partition coefficient (Wildman–Crippen LogP) is 2.28. The average Bonchev–Trinajstić information content (AvgIpc) is 2.26. The number of aldehydes is 1. The summed E-state index contributed by atoms with van der Waals surface area (Å²) in [4.78, 5) is 15.8. The van der Waals surface area contributed by atoms with Crippen LogP contribution in [0.5, 0.6) is 0 Å². The number of carbonyl (C=O) groups is 1. The van der Waals surface area contributed by atoms with Gasteiger partial charge in [-0.05, 0) is 38.1 Å². The van der Waals surface area contributed by atoms with E-state index in [-0.39, 0.29) is 0 Å². The molecule has 1 aromatic rings. The summed E-state index contributed by atoms with van der Waals surface area (Å²) in [6, 6.07) is 7.32. The molecule has 1 aromatic carbocycles. The lowest BCUT2D eigenvalue weighted by atomic mass is 10.2. The van der Waals surface area contributed by atoms with E-state index in [2.05, 4.69) is 0 Å². The standard InChI is InChI=1S/C11H15NO2/c1-3-12(14-4-2)11-7-5-10(9-13)6-8-11/h5-9H,3-4H2,1-2H3. The van der Waals surface area contributed by atoms with Crippen molar-refractivity contribution in [3.05, 3.63) is 29.8 Å². The maximum atomic E-state index is 10.4. The number of anilines is 1. The number of carbonyl (C=O) groups excluding carboxylic acids is 1. The molecule has 0 aliphatic rings. The van der Waals surface area contributed by atoms with Gasteiger partial charge in [-0.15, -0.1) is 0 Å². The molecule has 0 N–H and O–H groups in total. The second kappa shape index (κ2) is 5.40. The SMILES string of the molecule is CCON(CC)c1ccc(C=O)cc1. The summed E-state index contributed by atoms with van der Waals surface area (Å²) in [5, 5.41) is 1.80. The molecule has 0 aromatic heterocycles. The summed E-state index contributed by atoms with van der Waals surface area (Å²) in [5.74, 6) is 0. The number of hydrogen-bond acceptors (Lipinski definition) is 3. The number of hydrogen-bond donors (Lipinski definition) is 0. The summed E-state index contributed by atoms with van der Waals surface area (Å²) >= 11 is 0. The molecule has 0 heterocycles. The van der Waals surface area contributed by atoms with Crippen molar-refractivity contribution in [2.75, 3.05) is 18.2 Å². The lowest BCUT2D eigenvalue weighted by Crippen LogP contribution is -2.22. The van der Waals surface area contributed by atoms with Gasteiger partial charge in [-0.25, -0.2) is 0 Å². The van der Waals surface area contributed by atoms with Crippen molar-refractivity contribution in [1.29, 1.82) is 0 Å². The van der Waals surface area contributed by atoms with Crippen molar-refractivity contribution >= 4 is 12.0 Å². The van der Waals surface area contributed by atoms with E-state index >= 15 is 0 Å². The molecule has 76 valence electrons. The zero-order chi connectivity index (χ0) is 10.4. The molecule has 0 saturated heterocycles. The van der Waals surface area contributed by atoms with Gasteiger partial charge in [0, 0.05) is 12.1 Å². The topological polar surface area (TPSA) is 29.5 Å². The minimum atomic E-state index is 0.642. The van der Waals surface area contributed by atoms with E-state index in [1.54, 1.807) is 17.2 Å². The van der Waals surface area contributed by atoms with Crippen molar-refractivity contribution in [2.45, 2.75) is 13.8 Å². The van der Waals surface area contributed by atoms with Crippen LogP contribution in [0.15, 0.2) is 24.3 Å². The van der Waals surface area contributed by atoms with Crippen molar-refractivity contribution in [1.82, 2.24) is 0 Å². The Hall–Kier alpha value is -1.35. The monoisotopic (exact) mass is 193 g/mol. The van der Waals surface area contributed by atoms with Crippen LogP contribution in [0.1, 0.15) is 24.2 Å². The fourth-order valence-electron chi connectivity index (χ4n) is 1.22. The Morgan fingerprint density at radius 1 is 1.29 bits per heavy atom.